The van der Waals surface area contributed by atoms with Gasteiger partial charge >= 0.3 is 0 Å². The number of rotatable bonds is 5. The van der Waals surface area contributed by atoms with Gasteiger partial charge in [-0.2, -0.15) is 10.1 Å². The second-order valence-corrected chi connectivity index (χ2v) is 5.18. The Bertz CT molecular complexity index is 761. The summed E-state index contributed by atoms with van der Waals surface area (Å²) in [5.41, 5.74) is 0.917. The molecule has 0 radical (unpaired) electrons. The molecular formula is C14H12N4O3S. The van der Waals surface area contributed by atoms with Crippen molar-refractivity contribution in [2.24, 2.45) is 0 Å². The number of hydrogen-bond donors (Lipinski definition) is 1. The predicted molar refractivity (Wildman–Crippen MR) is 79.5 cm³/mol. The molecule has 1 aromatic carbocycles. The fourth-order valence-corrected chi connectivity index (χ4v) is 2.38. The van der Waals surface area contributed by atoms with Crippen molar-refractivity contribution in [3.63, 3.8) is 0 Å². The lowest BCUT2D eigenvalue weighted by molar-refractivity contribution is 0.415. The van der Waals surface area contributed by atoms with Crippen LogP contribution < -0.4 is 4.74 Å². The van der Waals surface area contributed by atoms with Crippen LogP contribution >= 0.6 is 11.8 Å². The van der Waals surface area contributed by atoms with Crippen molar-refractivity contribution in [3.05, 3.63) is 42.5 Å². The Labute approximate surface area is 130 Å². The smallest absolute Gasteiger partial charge is 0.234 e. The van der Waals surface area contributed by atoms with Crippen molar-refractivity contribution in [2.75, 3.05) is 7.11 Å². The van der Waals surface area contributed by atoms with E-state index in [0.717, 1.165) is 11.3 Å². The first kappa shape index (κ1) is 14.3. The standard InChI is InChI=1S/C14H12N4O3S/c1-20-10-4-2-9(3-5-10)11-6-15-13(21-11)8-22-14-17-12(19)7-16-18-14/h2-7H,8H2,1H3,(H,17,18,19). The van der Waals surface area contributed by atoms with E-state index in [1.54, 1.807) is 13.3 Å². The molecule has 1 N–H and O–H groups in total. The van der Waals surface area contributed by atoms with E-state index in [9.17, 15) is 5.11 Å². The summed E-state index contributed by atoms with van der Waals surface area (Å²) in [6, 6.07) is 7.52. The van der Waals surface area contributed by atoms with Gasteiger partial charge in [-0.15, -0.1) is 5.10 Å². The molecule has 0 amide bonds. The lowest BCUT2D eigenvalue weighted by Gasteiger charge is -2.00. The quantitative estimate of drug-likeness (QED) is 0.718. The van der Waals surface area contributed by atoms with E-state index in [2.05, 4.69) is 20.2 Å². The number of ether oxygens (including phenoxy) is 1. The van der Waals surface area contributed by atoms with Crippen LogP contribution in [0, 0.1) is 0 Å². The Hall–Kier alpha value is -2.61. The van der Waals surface area contributed by atoms with Gasteiger partial charge in [0.2, 0.25) is 16.9 Å². The SMILES string of the molecule is COc1ccc(-c2cnc(CSc3nncc(O)n3)o2)cc1. The highest BCUT2D eigenvalue weighted by atomic mass is 32.2. The molecule has 7 nitrogen and oxygen atoms in total. The zero-order valence-corrected chi connectivity index (χ0v) is 12.4. The monoisotopic (exact) mass is 316 g/mol. The molecule has 0 aliphatic carbocycles. The zero-order valence-electron chi connectivity index (χ0n) is 11.6. The van der Waals surface area contributed by atoms with Gasteiger partial charge in [0.05, 0.1) is 19.1 Å². The molecule has 0 spiro atoms. The van der Waals surface area contributed by atoms with Gasteiger partial charge in [0.15, 0.2) is 5.76 Å². The first-order valence-corrected chi connectivity index (χ1v) is 7.34. The molecule has 2 heterocycles. The lowest BCUT2D eigenvalue weighted by Crippen LogP contribution is -1.90. The highest BCUT2D eigenvalue weighted by Gasteiger charge is 2.09. The van der Waals surface area contributed by atoms with Crippen LogP contribution in [0.15, 0.2) is 46.2 Å². The number of oxazole rings is 1. The maximum Gasteiger partial charge on any atom is 0.234 e. The van der Waals surface area contributed by atoms with E-state index in [0.29, 0.717) is 22.6 Å². The van der Waals surface area contributed by atoms with Gasteiger partial charge in [-0.1, -0.05) is 11.8 Å². The minimum Gasteiger partial charge on any atom is -0.497 e. The first-order valence-electron chi connectivity index (χ1n) is 6.35. The maximum atomic E-state index is 9.23. The molecule has 0 aliphatic heterocycles. The van der Waals surface area contributed by atoms with Crippen molar-refractivity contribution in [1.29, 1.82) is 0 Å². The van der Waals surface area contributed by atoms with Gasteiger partial charge in [0.25, 0.3) is 0 Å². The summed E-state index contributed by atoms with van der Waals surface area (Å²) >= 11 is 1.28. The lowest BCUT2D eigenvalue weighted by atomic mass is 10.2. The van der Waals surface area contributed by atoms with Crippen LogP contribution in [0.25, 0.3) is 11.3 Å². The second kappa shape index (κ2) is 6.44. The number of hydrogen-bond acceptors (Lipinski definition) is 8. The fraction of sp³-hybridized carbons (Fsp3) is 0.143. The number of thioether (sulfide) groups is 1. The van der Waals surface area contributed by atoms with Gasteiger partial charge in [0, 0.05) is 5.56 Å². The minimum atomic E-state index is -0.163. The molecule has 3 rings (SSSR count). The Kier molecular flexibility index (Phi) is 4.19. The average Bonchev–Trinajstić information content (AvgIpc) is 3.02. The molecule has 0 atom stereocenters. The van der Waals surface area contributed by atoms with Crippen LogP contribution in [0.4, 0.5) is 0 Å². The molecule has 8 heteroatoms. The van der Waals surface area contributed by atoms with E-state index in [1.807, 2.05) is 24.3 Å². The summed E-state index contributed by atoms with van der Waals surface area (Å²) in [7, 11) is 1.62. The molecule has 2 aromatic heterocycles. The van der Waals surface area contributed by atoms with Gasteiger partial charge < -0.3 is 14.3 Å². The van der Waals surface area contributed by atoms with Crippen molar-refractivity contribution in [2.45, 2.75) is 10.9 Å². The molecule has 112 valence electrons. The average molecular weight is 316 g/mol. The molecular weight excluding hydrogens is 304 g/mol. The summed E-state index contributed by atoms with van der Waals surface area (Å²) in [5.74, 6) is 2.29. The summed E-state index contributed by atoms with van der Waals surface area (Å²) in [6.07, 6.45) is 2.84. The Morgan fingerprint density at radius 1 is 1.23 bits per heavy atom. The molecule has 0 aliphatic rings. The normalized spacial score (nSPS) is 10.6. The molecule has 3 aromatic rings. The molecule has 0 saturated carbocycles. The summed E-state index contributed by atoms with van der Waals surface area (Å²) in [5, 5.41) is 17.0. The zero-order chi connectivity index (χ0) is 15.4. The first-order chi connectivity index (χ1) is 10.7. The van der Waals surface area contributed by atoms with Gasteiger partial charge in [0.1, 0.15) is 11.9 Å². The molecule has 22 heavy (non-hydrogen) atoms. The van der Waals surface area contributed by atoms with Crippen LogP contribution in [0.1, 0.15) is 5.89 Å². The highest BCUT2D eigenvalue weighted by Crippen LogP contribution is 2.25. The minimum absolute atomic E-state index is 0.163. The van der Waals surface area contributed by atoms with Crippen LogP contribution in [-0.4, -0.2) is 32.4 Å². The Balaban J connectivity index is 1.68. The van der Waals surface area contributed by atoms with Gasteiger partial charge in [-0.3, -0.25) is 0 Å². The molecule has 0 saturated heterocycles. The van der Waals surface area contributed by atoms with Crippen LogP contribution in [0.5, 0.6) is 11.6 Å². The van der Waals surface area contributed by atoms with E-state index >= 15 is 0 Å². The summed E-state index contributed by atoms with van der Waals surface area (Å²) in [6.45, 7) is 0. The van der Waals surface area contributed by atoms with Crippen molar-refractivity contribution >= 4 is 11.8 Å². The number of benzene rings is 1. The number of nitrogens with zero attached hydrogens (tertiary/aromatic N) is 4. The van der Waals surface area contributed by atoms with Crippen molar-refractivity contribution in [3.8, 4) is 23.0 Å². The Morgan fingerprint density at radius 2 is 2.05 bits per heavy atom. The van der Waals surface area contributed by atoms with Gasteiger partial charge in [-0.25, -0.2) is 4.98 Å². The van der Waals surface area contributed by atoms with Crippen LogP contribution in [0.3, 0.4) is 0 Å². The number of aromatic hydroxyl groups is 1. The maximum absolute atomic E-state index is 9.23. The Morgan fingerprint density at radius 3 is 2.77 bits per heavy atom. The largest absolute Gasteiger partial charge is 0.497 e. The summed E-state index contributed by atoms with van der Waals surface area (Å²) < 4.78 is 10.8. The number of aromatic nitrogens is 4. The van der Waals surface area contributed by atoms with E-state index in [-0.39, 0.29) is 5.88 Å². The van der Waals surface area contributed by atoms with Crippen LogP contribution in [0.2, 0.25) is 0 Å². The summed E-state index contributed by atoms with van der Waals surface area (Å²) in [4.78, 5) is 8.05. The second-order valence-electron chi connectivity index (χ2n) is 4.23. The van der Waals surface area contributed by atoms with E-state index in [4.69, 9.17) is 9.15 Å². The van der Waals surface area contributed by atoms with Crippen LogP contribution in [-0.2, 0) is 5.75 Å². The topological polar surface area (TPSA) is 94.2 Å². The molecule has 0 fully saturated rings. The third-order valence-electron chi connectivity index (χ3n) is 2.78. The van der Waals surface area contributed by atoms with E-state index < -0.39 is 0 Å². The molecule has 0 bridgehead atoms. The van der Waals surface area contributed by atoms with Gasteiger partial charge in [-0.05, 0) is 24.3 Å². The fourth-order valence-electron chi connectivity index (χ4n) is 1.73. The third-order valence-corrected chi connectivity index (χ3v) is 3.60. The molecule has 0 unspecified atom stereocenters. The van der Waals surface area contributed by atoms with Crippen molar-refractivity contribution in [1.82, 2.24) is 20.2 Å². The van der Waals surface area contributed by atoms with E-state index in [1.165, 1.54) is 18.0 Å². The number of methoxy groups -OCH3 is 1. The van der Waals surface area contributed by atoms with Crippen molar-refractivity contribution < 1.29 is 14.3 Å². The third kappa shape index (κ3) is 3.34. The predicted octanol–water partition coefficient (Wildman–Crippen LogP) is 2.53. The highest BCUT2D eigenvalue weighted by molar-refractivity contribution is 7.98.